The summed E-state index contributed by atoms with van der Waals surface area (Å²) in [5.74, 6) is -1.53. The molecule has 24 heavy (non-hydrogen) atoms. The van der Waals surface area contributed by atoms with Crippen molar-refractivity contribution < 1.29 is 13.6 Å². The van der Waals surface area contributed by atoms with Crippen molar-refractivity contribution in [1.29, 1.82) is 5.26 Å². The summed E-state index contributed by atoms with van der Waals surface area (Å²) in [5, 5.41) is 14.1. The number of amides is 2. The highest BCUT2D eigenvalue weighted by Crippen LogP contribution is 2.29. The Labute approximate surface area is 143 Å². The van der Waals surface area contributed by atoms with Gasteiger partial charge in [-0.2, -0.15) is 5.26 Å². The first-order valence-corrected chi connectivity index (χ1v) is 7.69. The molecular weight excluding hydrogens is 358 g/mol. The van der Waals surface area contributed by atoms with E-state index < -0.39 is 17.7 Å². The van der Waals surface area contributed by atoms with Crippen LogP contribution in [-0.4, -0.2) is 11.0 Å². The van der Waals surface area contributed by atoms with Crippen molar-refractivity contribution in [3.63, 3.8) is 0 Å². The summed E-state index contributed by atoms with van der Waals surface area (Å²) in [4.78, 5) is 15.9. The van der Waals surface area contributed by atoms with Crippen molar-refractivity contribution in [2.75, 3.05) is 10.6 Å². The highest BCUT2D eigenvalue weighted by atomic mass is 35.5. The Bertz CT molecular complexity index is 999. The zero-order valence-electron chi connectivity index (χ0n) is 11.7. The molecule has 2 N–H and O–H groups in total. The maximum Gasteiger partial charge on any atom is 0.325 e. The van der Waals surface area contributed by atoms with Gasteiger partial charge in [0, 0.05) is 6.07 Å². The molecule has 0 aliphatic carbocycles. The minimum absolute atomic E-state index is 0.0267. The van der Waals surface area contributed by atoms with E-state index in [4.69, 9.17) is 16.9 Å². The fourth-order valence-corrected chi connectivity index (χ4v) is 3.02. The second-order valence-corrected chi connectivity index (χ2v) is 6.08. The third kappa shape index (κ3) is 3.27. The van der Waals surface area contributed by atoms with Gasteiger partial charge in [-0.1, -0.05) is 22.9 Å². The lowest BCUT2D eigenvalue weighted by Crippen LogP contribution is -2.19. The second kappa shape index (κ2) is 6.39. The van der Waals surface area contributed by atoms with Gasteiger partial charge in [0.15, 0.2) is 10.9 Å². The fourth-order valence-electron chi connectivity index (χ4n) is 1.95. The predicted octanol–water partition coefficient (Wildman–Crippen LogP) is 4.74. The number of urea groups is 1. The van der Waals surface area contributed by atoms with Crippen LogP contribution in [0.25, 0.3) is 10.2 Å². The standard InChI is InChI=1S/C15H7ClF2N4OS/c16-9-2-1-7(6-19)3-11(9)20-14(23)22-15-21-13-10(18)4-8(17)5-12(13)24-15/h1-5H,(H2,20,21,22,23). The maximum atomic E-state index is 13.6. The normalized spacial score (nSPS) is 10.4. The summed E-state index contributed by atoms with van der Waals surface area (Å²) in [6.07, 6.45) is 0. The van der Waals surface area contributed by atoms with E-state index in [0.717, 1.165) is 23.5 Å². The van der Waals surface area contributed by atoms with Gasteiger partial charge in [-0.05, 0) is 24.3 Å². The van der Waals surface area contributed by atoms with Crippen molar-refractivity contribution in [3.05, 3.63) is 52.6 Å². The number of thiazole rings is 1. The summed E-state index contributed by atoms with van der Waals surface area (Å²) in [7, 11) is 0. The Morgan fingerprint density at radius 1 is 1.25 bits per heavy atom. The van der Waals surface area contributed by atoms with Crippen molar-refractivity contribution >= 4 is 50.0 Å². The molecule has 0 saturated heterocycles. The Morgan fingerprint density at radius 3 is 2.79 bits per heavy atom. The Morgan fingerprint density at radius 2 is 2.04 bits per heavy atom. The SMILES string of the molecule is N#Cc1ccc(Cl)c(NC(=O)Nc2nc3c(F)cc(F)cc3s2)c1. The quantitative estimate of drug-likeness (QED) is 0.689. The highest BCUT2D eigenvalue weighted by Gasteiger charge is 2.13. The van der Waals surface area contributed by atoms with Gasteiger partial charge < -0.3 is 5.32 Å². The van der Waals surface area contributed by atoms with E-state index in [1.54, 1.807) is 0 Å². The van der Waals surface area contributed by atoms with Crippen LogP contribution in [0.5, 0.6) is 0 Å². The third-order valence-corrected chi connectivity index (χ3v) is 4.22. The average Bonchev–Trinajstić information content (AvgIpc) is 2.92. The molecule has 0 fully saturated rings. The van der Waals surface area contributed by atoms with E-state index >= 15 is 0 Å². The molecule has 9 heteroatoms. The lowest BCUT2D eigenvalue weighted by Gasteiger charge is -2.07. The first-order chi connectivity index (χ1) is 11.5. The van der Waals surface area contributed by atoms with Gasteiger partial charge in [-0.25, -0.2) is 18.6 Å². The minimum Gasteiger partial charge on any atom is -0.306 e. The summed E-state index contributed by atoms with van der Waals surface area (Å²) in [5.41, 5.74) is 0.542. The van der Waals surface area contributed by atoms with Crippen molar-refractivity contribution in [3.8, 4) is 6.07 Å². The number of rotatable bonds is 2. The summed E-state index contributed by atoms with van der Waals surface area (Å²) < 4.78 is 27.1. The fraction of sp³-hybridized carbons (Fsp3) is 0. The summed E-state index contributed by atoms with van der Waals surface area (Å²) >= 11 is 6.87. The number of carbonyl (C=O) groups is 1. The number of anilines is 2. The molecule has 0 unspecified atom stereocenters. The molecule has 0 bridgehead atoms. The number of hydrogen-bond donors (Lipinski definition) is 2. The summed E-state index contributed by atoms with van der Waals surface area (Å²) in [6.45, 7) is 0. The van der Waals surface area contributed by atoms with E-state index in [2.05, 4.69) is 15.6 Å². The van der Waals surface area contributed by atoms with Gasteiger partial charge >= 0.3 is 6.03 Å². The zero-order chi connectivity index (χ0) is 17.3. The maximum absolute atomic E-state index is 13.6. The van der Waals surface area contributed by atoms with Gasteiger partial charge in [0.25, 0.3) is 0 Å². The van der Waals surface area contributed by atoms with Gasteiger partial charge in [0.1, 0.15) is 11.3 Å². The van der Waals surface area contributed by atoms with Crippen LogP contribution >= 0.6 is 22.9 Å². The van der Waals surface area contributed by atoms with Crippen molar-refractivity contribution in [1.82, 2.24) is 4.98 Å². The number of halogens is 3. The molecule has 1 heterocycles. The van der Waals surface area contributed by atoms with Crippen LogP contribution in [0.4, 0.5) is 24.4 Å². The Balaban J connectivity index is 1.80. The van der Waals surface area contributed by atoms with Crippen LogP contribution in [0.1, 0.15) is 5.56 Å². The lowest BCUT2D eigenvalue weighted by molar-refractivity contribution is 0.262. The molecule has 1 aromatic heterocycles. The first-order valence-electron chi connectivity index (χ1n) is 6.49. The van der Waals surface area contributed by atoms with E-state index in [9.17, 15) is 13.6 Å². The molecule has 3 aromatic rings. The van der Waals surface area contributed by atoms with Crippen LogP contribution in [0.15, 0.2) is 30.3 Å². The van der Waals surface area contributed by atoms with E-state index in [0.29, 0.717) is 5.56 Å². The van der Waals surface area contributed by atoms with Gasteiger partial charge in [-0.15, -0.1) is 0 Å². The topological polar surface area (TPSA) is 77.8 Å². The van der Waals surface area contributed by atoms with Crippen molar-refractivity contribution in [2.24, 2.45) is 0 Å². The molecule has 0 aliphatic rings. The number of carbonyl (C=O) groups excluding carboxylic acids is 1. The Kier molecular flexibility index (Phi) is 4.29. The largest absolute Gasteiger partial charge is 0.325 e. The van der Waals surface area contributed by atoms with Crippen LogP contribution in [0.2, 0.25) is 5.02 Å². The first kappa shape index (κ1) is 16.1. The number of nitriles is 1. The molecule has 5 nitrogen and oxygen atoms in total. The molecule has 3 rings (SSSR count). The number of aromatic nitrogens is 1. The van der Waals surface area contributed by atoms with Gasteiger partial charge in [-0.3, -0.25) is 5.32 Å². The van der Waals surface area contributed by atoms with Gasteiger partial charge in [0.2, 0.25) is 0 Å². The molecule has 0 saturated carbocycles. The van der Waals surface area contributed by atoms with Crippen LogP contribution in [0.3, 0.4) is 0 Å². The molecule has 2 aromatic carbocycles. The number of benzene rings is 2. The Hall–Kier alpha value is -2.76. The van der Waals surface area contributed by atoms with Crippen LogP contribution < -0.4 is 10.6 Å². The molecule has 0 radical (unpaired) electrons. The molecule has 0 aliphatic heterocycles. The average molecular weight is 365 g/mol. The number of hydrogen-bond acceptors (Lipinski definition) is 4. The highest BCUT2D eigenvalue weighted by molar-refractivity contribution is 7.22. The number of fused-ring (bicyclic) bond motifs is 1. The van der Waals surface area contributed by atoms with Crippen LogP contribution in [-0.2, 0) is 0 Å². The predicted molar refractivity (Wildman–Crippen MR) is 88.3 cm³/mol. The smallest absolute Gasteiger partial charge is 0.306 e. The second-order valence-electron chi connectivity index (χ2n) is 4.64. The monoisotopic (exact) mass is 364 g/mol. The minimum atomic E-state index is -0.806. The molecule has 2 amide bonds. The van der Waals surface area contributed by atoms with E-state index in [1.165, 1.54) is 18.2 Å². The molecule has 120 valence electrons. The summed E-state index contributed by atoms with van der Waals surface area (Å²) in [6, 6.07) is 7.51. The number of nitrogens with zero attached hydrogens (tertiary/aromatic N) is 2. The van der Waals surface area contributed by atoms with E-state index in [-0.39, 0.29) is 26.1 Å². The third-order valence-electron chi connectivity index (χ3n) is 2.98. The van der Waals surface area contributed by atoms with Gasteiger partial charge in [0.05, 0.1) is 27.0 Å². The molecular formula is C15H7ClF2N4OS. The van der Waals surface area contributed by atoms with Crippen molar-refractivity contribution in [2.45, 2.75) is 0 Å². The number of nitrogens with one attached hydrogen (secondary N) is 2. The zero-order valence-corrected chi connectivity index (χ0v) is 13.3. The van der Waals surface area contributed by atoms with E-state index in [1.807, 2.05) is 6.07 Å². The molecule has 0 spiro atoms. The molecule has 0 atom stereocenters. The van der Waals surface area contributed by atoms with Crippen LogP contribution in [0, 0.1) is 23.0 Å². The lowest BCUT2D eigenvalue weighted by atomic mass is 10.2.